The molecule has 0 radical (unpaired) electrons. The molecule has 3 N–H and O–H groups in total. The van der Waals surface area contributed by atoms with Crippen LogP contribution >= 0.6 is 11.6 Å². The van der Waals surface area contributed by atoms with Crippen LogP contribution in [0.2, 0.25) is 5.02 Å². The second-order valence-electron chi connectivity index (χ2n) is 7.53. The summed E-state index contributed by atoms with van der Waals surface area (Å²) < 4.78 is 5.40. The first-order valence-corrected chi connectivity index (χ1v) is 10.6. The summed E-state index contributed by atoms with van der Waals surface area (Å²) in [5, 5.41) is 17.1. The van der Waals surface area contributed by atoms with E-state index >= 15 is 0 Å². The van der Waals surface area contributed by atoms with Crippen LogP contribution in [0.1, 0.15) is 12.5 Å². The molecular weight excluding hydrogens is 416 g/mol. The zero-order valence-corrected chi connectivity index (χ0v) is 18.0. The van der Waals surface area contributed by atoms with E-state index in [0.717, 1.165) is 40.9 Å². The lowest BCUT2D eigenvalue weighted by atomic mass is 10.1. The molecule has 0 spiro atoms. The maximum absolute atomic E-state index is 12.8. The number of hydrogen-bond donors (Lipinski definition) is 3. The molecule has 1 aliphatic heterocycles. The molecule has 162 valence electrons. The van der Waals surface area contributed by atoms with Crippen LogP contribution in [0.5, 0.6) is 0 Å². The highest BCUT2D eigenvalue weighted by molar-refractivity contribution is 6.33. The maximum atomic E-state index is 12.8. The van der Waals surface area contributed by atoms with Crippen LogP contribution < -0.4 is 15.5 Å². The van der Waals surface area contributed by atoms with Gasteiger partial charge < -0.3 is 25.4 Å². The Balaban J connectivity index is 1.44. The number of benzene rings is 2. The molecule has 1 atom stereocenters. The van der Waals surface area contributed by atoms with E-state index in [9.17, 15) is 9.90 Å². The van der Waals surface area contributed by atoms with Crippen molar-refractivity contribution >= 4 is 45.5 Å². The summed E-state index contributed by atoms with van der Waals surface area (Å²) >= 11 is 6.38. The van der Waals surface area contributed by atoms with E-state index in [1.807, 2.05) is 30.3 Å². The summed E-state index contributed by atoms with van der Waals surface area (Å²) in [6.45, 7) is 4.60. The van der Waals surface area contributed by atoms with Crippen LogP contribution in [-0.4, -0.2) is 48.3 Å². The summed E-state index contributed by atoms with van der Waals surface area (Å²) in [6, 6.07) is 12.6. The largest absolute Gasteiger partial charge is 0.392 e. The van der Waals surface area contributed by atoms with Crippen molar-refractivity contribution in [2.24, 2.45) is 0 Å². The third-order valence-corrected chi connectivity index (χ3v) is 5.58. The van der Waals surface area contributed by atoms with E-state index in [0.29, 0.717) is 23.9 Å². The number of halogens is 1. The summed E-state index contributed by atoms with van der Waals surface area (Å²) in [5.41, 5.74) is 3.97. The summed E-state index contributed by atoms with van der Waals surface area (Å²) in [4.78, 5) is 19.3. The topological polar surface area (TPSA) is 86.7 Å². The smallest absolute Gasteiger partial charge is 0.246 e. The Kier molecular flexibility index (Phi) is 6.56. The number of anilines is 3. The third kappa shape index (κ3) is 5.07. The molecule has 3 aromatic rings. The first-order chi connectivity index (χ1) is 15.0. The molecule has 1 aliphatic rings. The zero-order valence-electron chi connectivity index (χ0n) is 17.3. The Labute approximate surface area is 186 Å². The lowest BCUT2D eigenvalue weighted by Gasteiger charge is -2.30. The van der Waals surface area contributed by atoms with Crippen molar-refractivity contribution in [2.75, 3.05) is 41.8 Å². The highest BCUT2D eigenvalue weighted by Crippen LogP contribution is 2.30. The number of carbonyl (C=O) groups is 1. The quantitative estimate of drug-likeness (QED) is 0.542. The van der Waals surface area contributed by atoms with Crippen LogP contribution in [0.25, 0.3) is 10.9 Å². The van der Waals surface area contributed by atoms with Gasteiger partial charge in [0.15, 0.2) is 0 Å². The van der Waals surface area contributed by atoms with Gasteiger partial charge in [0.25, 0.3) is 0 Å². The number of amides is 1. The van der Waals surface area contributed by atoms with E-state index in [1.165, 1.54) is 0 Å². The van der Waals surface area contributed by atoms with Crippen molar-refractivity contribution < 1.29 is 14.6 Å². The number of aromatic nitrogens is 1. The number of fused-ring (bicyclic) bond motifs is 1. The molecule has 0 saturated carbocycles. The predicted molar refractivity (Wildman–Crippen MR) is 124 cm³/mol. The molecule has 8 heteroatoms. The molecule has 2 aromatic carbocycles. The highest BCUT2D eigenvalue weighted by atomic mass is 35.5. The van der Waals surface area contributed by atoms with E-state index in [-0.39, 0.29) is 12.5 Å². The fraction of sp³-hybridized carbons (Fsp3) is 0.304. The monoisotopic (exact) mass is 440 g/mol. The molecule has 1 fully saturated rings. The Morgan fingerprint density at radius 3 is 2.74 bits per heavy atom. The van der Waals surface area contributed by atoms with Crippen LogP contribution in [0.4, 0.5) is 17.1 Å². The number of hydrogen-bond acceptors (Lipinski definition) is 6. The van der Waals surface area contributed by atoms with Gasteiger partial charge in [0.05, 0.1) is 36.0 Å². The van der Waals surface area contributed by atoms with Gasteiger partial charge in [-0.1, -0.05) is 11.6 Å². The minimum Gasteiger partial charge on any atom is -0.392 e. The number of ether oxygens (including phenoxy) is 1. The van der Waals surface area contributed by atoms with Crippen molar-refractivity contribution in [3.63, 3.8) is 0 Å². The summed E-state index contributed by atoms with van der Waals surface area (Å²) in [5.74, 6) is -0.155. The van der Waals surface area contributed by atoms with Gasteiger partial charge in [0, 0.05) is 36.0 Å². The number of aliphatic hydroxyl groups excluding tert-OH is 1. The van der Waals surface area contributed by atoms with Crippen molar-refractivity contribution in [2.45, 2.75) is 19.6 Å². The Morgan fingerprint density at radius 1 is 1.19 bits per heavy atom. The second-order valence-corrected chi connectivity index (χ2v) is 7.94. The van der Waals surface area contributed by atoms with Gasteiger partial charge in [-0.2, -0.15) is 0 Å². The van der Waals surface area contributed by atoms with Gasteiger partial charge in [-0.25, -0.2) is 0 Å². The summed E-state index contributed by atoms with van der Waals surface area (Å²) in [7, 11) is 0. The van der Waals surface area contributed by atoms with Gasteiger partial charge in [0.2, 0.25) is 5.91 Å². The van der Waals surface area contributed by atoms with E-state index in [4.69, 9.17) is 16.3 Å². The van der Waals surface area contributed by atoms with Gasteiger partial charge >= 0.3 is 0 Å². The molecule has 1 saturated heterocycles. The average molecular weight is 441 g/mol. The fourth-order valence-electron chi connectivity index (χ4n) is 3.56. The van der Waals surface area contributed by atoms with Crippen molar-refractivity contribution in [3.05, 3.63) is 59.2 Å². The molecule has 0 bridgehead atoms. The van der Waals surface area contributed by atoms with Gasteiger partial charge in [-0.15, -0.1) is 0 Å². The Hall–Kier alpha value is -2.87. The van der Waals surface area contributed by atoms with E-state index < -0.39 is 6.04 Å². The van der Waals surface area contributed by atoms with Crippen molar-refractivity contribution in [1.82, 2.24) is 4.98 Å². The van der Waals surface area contributed by atoms with Gasteiger partial charge in [-0.3, -0.25) is 9.78 Å². The minimum absolute atomic E-state index is 0.0626. The standard InChI is InChI=1S/C23H25ClN4O3/c1-15(26-18-3-5-21-17(11-18)10-16(14-29)13-25-21)23(30)27-19-2-4-20(24)22(12-19)28-6-8-31-9-7-28/h2-5,10-13,15,26,29H,6-9,14H2,1H3,(H,27,30)/t15-/m0/s1. The number of pyridine rings is 1. The molecule has 31 heavy (non-hydrogen) atoms. The molecule has 1 amide bonds. The second kappa shape index (κ2) is 9.51. The normalized spacial score (nSPS) is 15.0. The fourth-order valence-corrected chi connectivity index (χ4v) is 3.79. The molecule has 4 rings (SSSR count). The maximum Gasteiger partial charge on any atom is 0.246 e. The van der Waals surface area contributed by atoms with Gasteiger partial charge in [-0.05, 0) is 55.0 Å². The first kappa shape index (κ1) is 21.4. The molecule has 2 heterocycles. The van der Waals surface area contributed by atoms with Crippen molar-refractivity contribution in [1.29, 1.82) is 0 Å². The molecule has 0 unspecified atom stereocenters. The Morgan fingerprint density at radius 2 is 1.97 bits per heavy atom. The number of nitrogens with zero attached hydrogens (tertiary/aromatic N) is 2. The molecule has 1 aromatic heterocycles. The van der Waals surface area contributed by atoms with Crippen molar-refractivity contribution in [3.8, 4) is 0 Å². The van der Waals surface area contributed by atoms with E-state index in [1.54, 1.807) is 25.3 Å². The average Bonchev–Trinajstić information content (AvgIpc) is 2.80. The first-order valence-electron chi connectivity index (χ1n) is 10.2. The Bertz CT molecular complexity index is 1090. The zero-order chi connectivity index (χ0) is 21.8. The van der Waals surface area contributed by atoms with Crippen LogP contribution in [0.15, 0.2) is 48.7 Å². The minimum atomic E-state index is -0.464. The number of aliphatic hydroxyl groups is 1. The number of rotatable bonds is 6. The molecule has 0 aliphatic carbocycles. The number of carbonyl (C=O) groups excluding carboxylic acids is 1. The lowest BCUT2D eigenvalue weighted by molar-refractivity contribution is -0.116. The lowest BCUT2D eigenvalue weighted by Crippen LogP contribution is -2.36. The summed E-state index contributed by atoms with van der Waals surface area (Å²) in [6.07, 6.45) is 1.66. The third-order valence-electron chi connectivity index (χ3n) is 5.26. The van der Waals surface area contributed by atoms with Crippen LogP contribution in [0, 0.1) is 0 Å². The predicted octanol–water partition coefficient (Wildman–Crippen LogP) is 3.66. The SMILES string of the molecule is C[C@H](Nc1ccc2ncc(CO)cc2c1)C(=O)Nc1ccc(Cl)c(N2CCOCC2)c1. The van der Waals surface area contributed by atoms with Crippen LogP contribution in [-0.2, 0) is 16.1 Å². The molecule has 7 nitrogen and oxygen atoms in total. The van der Waals surface area contributed by atoms with Gasteiger partial charge in [0.1, 0.15) is 6.04 Å². The molecular formula is C23H25ClN4O3. The highest BCUT2D eigenvalue weighted by Gasteiger charge is 2.17. The number of morpholine rings is 1. The van der Waals surface area contributed by atoms with Crippen LogP contribution in [0.3, 0.4) is 0 Å². The van der Waals surface area contributed by atoms with E-state index in [2.05, 4.69) is 20.5 Å². The number of nitrogens with one attached hydrogen (secondary N) is 2.